The predicted molar refractivity (Wildman–Crippen MR) is 81.2 cm³/mol. The van der Waals surface area contributed by atoms with Gasteiger partial charge in [-0.3, -0.25) is 0 Å². The molecule has 3 nitrogen and oxygen atoms in total. The van der Waals surface area contributed by atoms with Crippen molar-refractivity contribution in [3.63, 3.8) is 0 Å². The zero-order chi connectivity index (χ0) is 13.6. The molecule has 0 radical (unpaired) electrons. The Morgan fingerprint density at radius 1 is 1.32 bits per heavy atom. The van der Waals surface area contributed by atoms with Crippen LogP contribution in [0.2, 0.25) is 5.28 Å². The fourth-order valence-corrected chi connectivity index (χ4v) is 4.20. The van der Waals surface area contributed by atoms with E-state index in [0.717, 1.165) is 42.7 Å². The van der Waals surface area contributed by atoms with Crippen LogP contribution in [0.25, 0.3) is 0 Å². The van der Waals surface area contributed by atoms with Crippen LogP contribution >= 0.6 is 23.4 Å². The summed E-state index contributed by atoms with van der Waals surface area (Å²) in [6.45, 7) is 9.15. The Morgan fingerprint density at radius 2 is 2.11 bits per heavy atom. The summed E-state index contributed by atoms with van der Waals surface area (Å²) in [4.78, 5) is 12.5. The average Bonchev–Trinajstić information content (AvgIpc) is 2.94. The average molecular weight is 298 g/mol. The Labute approximate surface area is 124 Å². The van der Waals surface area contributed by atoms with Crippen molar-refractivity contribution in [1.29, 1.82) is 0 Å². The quantitative estimate of drug-likeness (QED) is 0.740. The molecule has 1 aromatic rings. The highest BCUT2D eigenvalue weighted by Crippen LogP contribution is 2.41. The van der Waals surface area contributed by atoms with Crippen LogP contribution in [-0.4, -0.2) is 28.8 Å². The van der Waals surface area contributed by atoms with E-state index < -0.39 is 0 Å². The van der Waals surface area contributed by atoms with Crippen LogP contribution in [0.4, 0.5) is 5.82 Å². The van der Waals surface area contributed by atoms with E-state index in [-0.39, 0.29) is 0 Å². The monoisotopic (exact) mass is 297 g/mol. The van der Waals surface area contributed by atoms with E-state index in [1.54, 1.807) is 0 Å². The van der Waals surface area contributed by atoms with Crippen molar-refractivity contribution in [3.05, 3.63) is 11.0 Å². The first kappa shape index (κ1) is 13.5. The maximum absolute atomic E-state index is 6.08. The van der Waals surface area contributed by atoms with Gasteiger partial charge in [0.25, 0.3) is 0 Å². The van der Waals surface area contributed by atoms with Gasteiger partial charge in [0.15, 0.2) is 0 Å². The van der Waals surface area contributed by atoms with Crippen LogP contribution in [0, 0.1) is 11.3 Å². The van der Waals surface area contributed by atoms with Crippen LogP contribution < -0.4 is 4.90 Å². The molecule has 5 heteroatoms. The molecule has 0 N–H and O–H groups in total. The lowest BCUT2D eigenvalue weighted by atomic mass is 9.80. The molecule has 1 fully saturated rings. The topological polar surface area (TPSA) is 29.0 Å². The third-order valence-electron chi connectivity index (χ3n) is 4.19. The number of hydrogen-bond acceptors (Lipinski definition) is 4. The highest BCUT2D eigenvalue weighted by molar-refractivity contribution is 7.99. The molecule has 1 unspecified atom stereocenters. The van der Waals surface area contributed by atoms with Gasteiger partial charge < -0.3 is 4.90 Å². The van der Waals surface area contributed by atoms with Crippen LogP contribution in [0.15, 0.2) is 4.90 Å². The number of fused-ring (bicyclic) bond motifs is 1. The smallest absolute Gasteiger partial charge is 0.224 e. The van der Waals surface area contributed by atoms with Crippen molar-refractivity contribution >= 4 is 29.2 Å². The lowest BCUT2D eigenvalue weighted by Crippen LogP contribution is -2.27. The van der Waals surface area contributed by atoms with Gasteiger partial charge in [-0.25, -0.2) is 4.98 Å². The molecule has 0 saturated carbocycles. The zero-order valence-electron chi connectivity index (χ0n) is 11.7. The number of aromatic nitrogens is 2. The third kappa shape index (κ3) is 2.57. The Morgan fingerprint density at radius 3 is 2.79 bits per heavy atom. The van der Waals surface area contributed by atoms with Crippen LogP contribution in [0.1, 0.15) is 32.9 Å². The second kappa shape index (κ2) is 4.81. The molecule has 3 heterocycles. The van der Waals surface area contributed by atoms with E-state index in [2.05, 4.69) is 35.6 Å². The second-order valence-corrected chi connectivity index (χ2v) is 7.93. The van der Waals surface area contributed by atoms with Gasteiger partial charge in [-0.1, -0.05) is 20.8 Å². The fourth-order valence-electron chi connectivity index (χ4n) is 2.90. The van der Waals surface area contributed by atoms with E-state index in [1.165, 1.54) is 11.3 Å². The minimum atomic E-state index is 0.363. The molecule has 0 bridgehead atoms. The molecule has 0 spiro atoms. The third-order valence-corrected chi connectivity index (χ3v) is 5.47. The maximum atomic E-state index is 6.08. The van der Waals surface area contributed by atoms with E-state index in [4.69, 9.17) is 11.6 Å². The molecule has 1 atom stereocenters. The largest absolute Gasteiger partial charge is 0.355 e. The van der Waals surface area contributed by atoms with E-state index in [9.17, 15) is 0 Å². The van der Waals surface area contributed by atoms with Gasteiger partial charge in [-0.2, -0.15) is 4.98 Å². The molecule has 0 aromatic carbocycles. The minimum absolute atomic E-state index is 0.363. The van der Waals surface area contributed by atoms with Crippen molar-refractivity contribution in [3.8, 4) is 0 Å². The van der Waals surface area contributed by atoms with Crippen molar-refractivity contribution < 1.29 is 0 Å². The molecule has 104 valence electrons. The molecule has 1 saturated heterocycles. The zero-order valence-corrected chi connectivity index (χ0v) is 13.3. The number of rotatable bonds is 1. The van der Waals surface area contributed by atoms with Crippen molar-refractivity contribution in [1.82, 2.24) is 9.97 Å². The van der Waals surface area contributed by atoms with Gasteiger partial charge >= 0.3 is 0 Å². The summed E-state index contributed by atoms with van der Waals surface area (Å²) < 4.78 is 0. The van der Waals surface area contributed by atoms with Gasteiger partial charge in [0.1, 0.15) is 5.82 Å². The van der Waals surface area contributed by atoms with Crippen LogP contribution in [0.3, 0.4) is 0 Å². The number of halogens is 1. The molecule has 19 heavy (non-hydrogen) atoms. The standard InChI is InChI=1S/C14H20ClN3S/c1-14(2,3)9-4-6-18(8-9)12-11-10(5-7-19-11)16-13(15)17-12/h9H,4-8H2,1-3H3. The molecule has 1 aromatic heterocycles. The van der Waals surface area contributed by atoms with Gasteiger partial charge in [-0.05, 0) is 29.4 Å². The highest BCUT2D eigenvalue weighted by atomic mass is 35.5. The number of hydrogen-bond donors (Lipinski definition) is 0. The molecular weight excluding hydrogens is 278 g/mol. The first-order chi connectivity index (χ1) is 8.95. The highest BCUT2D eigenvalue weighted by Gasteiger charge is 2.34. The number of thioether (sulfide) groups is 1. The van der Waals surface area contributed by atoms with Gasteiger partial charge in [0.2, 0.25) is 5.28 Å². The normalized spacial score (nSPS) is 22.9. The van der Waals surface area contributed by atoms with E-state index >= 15 is 0 Å². The summed E-state index contributed by atoms with van der Waals surface area (Å²) in [6.07, 6.45) is 2.26. The summed E-state index contributed by atoms with van der Waals surface area (Å²) in [5, 5.41) is 0.399. The lowest BCUT2D eigenvalue weighted by molar-refractivity contribution is 0.263. The Kier molecular flexibility index (Phi) is 3.42. The number of aryl methyl sites for hydroxylation is 1. The predicted octanol–water partition coefficient (Wildman–Crippen LogP) is 3.65. The summed E-state index contributed by atoms with van der Waals surface area (Å²) in [6, 6.07) is 0. The van der Waals surface area contributed by atoms with Crippen molar-refractivity contribution in [2.24, 2.45) is 11.3 Å². The lowest BCUT2D eigenvalue weighted by Gasteiger charge is -2.27. The Hall–Kier alpha value is -0.480. The van der Waals surface area contributed by atoms with E-state index in [0.29, 0.717) is 10.7 Å². The first-order valence-corrected chi connectivity index (χ1v) is 8.25. The summed E-state index contributed by atoms with van der Waals surface area (Å²) >= 11 is 7.95. The molecule has 2 aliphatic heterocycles. The summed E-state index contributed by atoms with van der Waals surface area (Å²) in [7, 11) is 0. The Bertz CT molecular complexity index is 498. The fraction of sp³-hybridized carbons (Fsp3) is 0.714. The van der Waals surface area contributed by atoms with Gasteiger partial charge in [-0.15, -0.1) is 11.8 Å². The SMILES string of the molecule is CC(C)(C)C1CCN(c2nc(Cl)nc3c2SCC3)C1. The first-order valence-electron chi connectivity index (χ1n) is 6.89. The molecule has 3 rings (SSSR count). The molecule has 0 amide bonds. The van der Waals surface area contributed by atoms with Crippen LogP contribution in [0.5, 0.6) is 0 Å². The number of nitrogens with zero attached hydrogens (tertiary/aromatic N) is 3. The number of anilines is 1. The van der Waals surface area contributed by atoms with Crippen molar-refractivity contribution in [2.45, 2.75) is 38.5 Å². The minimum Gasteiger partial charge on any atom is -0.355 e. The molecule has 0 aliphatic carbocycles. The van der Waals surface area contributed by atoms with Crippen LogP contribution in [-0.2, 0) is 6.42 Å². The molecule has 2 aliphatic rings. The second-order valence-electron chi connectivity index (χ2n) is 6.49. The maximum Gasteiger partial charge on any atom is 0.224 e. The van der Waals surface area contributed by atoms with Crippen molar-refractivity contribution in [2.75, 3.05) is 23.7 Å². The summed E-state index contributed by atoms with van der Waals surface area (Å²) in [5.41, 5.74) is 1.50. The van der Waals surface area contributed by atoms with Gasteiger partial charge in [0.05, 0.1) is 10.6 Å². The van der Waals surface area contributed by atoms with E-state index in [1.807, 2.05) is 11.8 Å². The summed E-state index contributed by atoms with van der Waals surface area (Å²) in [5.74, 6) is 2.90. The van der Waals surface area contributed by atoms with Gasteiger partial charge in [0, 0.05) is 25.3 Å². The Balaban J connectivity index is 1.88. The molecular formula is C14H20ClN3S.